The van der Waals surface area contributed by atoms with Crippen LogP contribution in [0.3, 0.4) is 0 Å². The molecule has 1 aliphatic rings. The highest BCUT2D eigenvalue weighted by Gasteiger charge is 2.35. The minimum atomic E-state index is -1.15. The molecule has 1 unspecified atom stereocenters. The van der Waals surface area contributed by atoms with Crippen molar-refractivity contribution in [2.45, 2.75) is 5.79 Å². The summed E-state index contributed by atoms with van der Waals surface area (Å²) in [5.74, 6) is -0.365. The van der Waals surface area contributed by atoms with E-state index in [-0.39, 0.29) is 5.84 Å². The van der Waals surface area contributed by atoms with Gasteiger partial charge in [-0.15, -0.1) is 0 Å². The van der Waals surface area contributed by atoms with Crippen molar-refractivity contribution in [1.82, 2.24) is 4.98 Å². The van der Waals surface area contributed by atoms with Gasteiger partial charge >= 0.3 is 0 Å². The number of nitrogens with one attached hydrogen (secondary N) is 1. The van der Waals surface area contributed by atoms with E-state index in [1.165, 1.54) is 0 Å². The second-order valence-electron chi connectivity index (χ2n) is 4.93. The van der Waals surface area contributed by atoms with Gasteiger partial charge in [-0.25, -0.2) is 4.99 Å². The lowest BCUT2D eigenvalue weighted by Crippen LogP contribution is -2.47. The summed E-state index contributed by atoms with van der Waals surface area (Å²) in [7, 11) is 0. The molecule has 5 N–H and O–H groups in total. The minimum Gasteiger partial charge on any atom is -0.459 e. The second kappa shape index (κ2) is 4.07. The van der Waals surface area contributed by atoms with E-state index in [0.29, 0.717) is 5.76 Å². The summed E-state index contributed by atoms with van der Waals surface area (Å²) in [6, 6.07) is 11.4. The third kappa shape index (κ3) is 1.70. The quantitative estimate of drug-likeness (QED) is 0.629. The van der Waals surface area contributed by atoms with Gasteiger partial charge in [0.05, 0.1) is 17.5 Å². The number of rotatable bonds is 1. The lowest BCUT2D eigenvalue weighted by molar-refractivity contribution is 0.514. The number of para-hydroxylation sites is 1. The van der Waals surface area contributed by atoms with Crippen LogP contribution in [0.15, 0.2) is 58.3 Å². The second-order valence-corrected chi connectivity index (χ2v) is 4.93. The number of amidine groups is 1. The number of pyridine rings is 1. The van der Waals surface area contributed by atoms with Crippen LogP contribution in [0, 0.1) is 0 Å². The highest BCUT2D eigenvalue weighted by molar-refractivity contribution is 6.02. The fourth-order valence-corrected chi connectivity index (χ4v) is 2.64. The molecule has 0 aliphatic carbocycles. The Labute approximate surface area is 120 Å². The standard InChI is InChI=1S/C15H13N5O/c16-14-13-12(6-8-21-13)19-15(17,20-14)10-5-7-18-11-4-2-1-3-9(10)11/h1-8,19H,17H2,(H2,16,20). The van der Waals surface area contributed by atoms with Crippen LogP contribution < -0.4 is 16.8 Å². The van der Waals surface area contributed by atoms with Crippen molar-refractivity contribution in [3.8, 4) is 0 Å². The van der Waals surface area contributed by atoms with Crippen molar-refractivity contribution in [3.05, 3.63) is 60.2 Å². The van der Waals surface area contributed by atoms with E-state index in [9.17, 15) is 0 Å². The summed E-state index contributed by atoms with van der Waals surface area (Å²) >= 11 is 0. The van der Waals surface area contributed by atoms with Gasteiger partial charge in [0.2, 0.25) is 5.79 Å². The molecule has 104 valence electrons. The van der Waals surface area contributed by atoms with E-state index in [1.807, 2.05) is 30.3 Å². The molecule has 1 aliphatic heterocycles. The highest BCUT2D eigenvalue weighted by Crippen LogP contribution is 2.33. The zero-order valence-electron chi connectivity index (χ0n) is 11.1. The lowest BCUT2D eigenvalue weighted by Gasteiger charge is -2.31. The molecule has 2 aromatic heterocycles. The molecular weight excluding hydrogens is 266 g/mol. The Morgan fingerprint density at radius 2 is 2.00 bits per heavy atom. The van der Waals surface area contributed by atoms with Gasteiger partial charge in [-0.2, -0.15) is 0 Å². The summed E-state index contributed by atoms with van der Waals surface area (Å²) in [6.45, 7) is 0. The molecule has 0 fully saturated rings. The number of furan rings is 1. The predicted molar refractivity (Wildman–Crippen MR) is 80.7 cm³/mol. The number of nitrogens with two attached hydrogens (primary N) is 2. The number of anilines is 1. The van der Waals surface area contributed by atoms with Crippen LogP contribution >= 0.6 is 0 Å². The van der Waals surface area contributed by atoms with E-state index in [4.69, 9.17) is 15.9 Å². The average Bonchev–Trinajstić information content (AvgIpc) is 2.95. The fraction of sp³-hybridized carbons (Fsp3) is 0.0667. The summed E-state index contributed by atoms with van der Waals surface area (Å²) in [5.41, 5.74) is 14.8. The van der Waals surface area contributed by atoms with E-state index in [2.05, 4.69) is 15.3 Å². The molecule has 6 nitrogen and oxygen atoms in total. The maximum atomic E-state index is 6.46. The molecular formula is C15H13N5O. The first-order chi connectivity index (χ1) is 10.2. The normalized spacial score (nSPS) is 20.7. The molecule has 0 saturated carbocycles. The van der Waals surface area contributed by atoms with Crippen LogP contribution in [0.2, 0.25) is 0 Å². The smallest absolute Gasteiger partial charge is 0.212 e. The fourth-order valence-electron chi connectivity index (χ4n) is 2.64. The van der Waals surface area contributed by atoms with Gasteiger partial charge in [0.25, 0.3) is 0 Å². The van der Waals surface area contributed by atoms with Gasteiger partial charge in [-0.3, -0.25) is 10.7 Å². The first-order valence-electron chi connectivity index (χ1n) is 6.52. The maximum Gasteiger partial charge on any atom is 0.212 e. The minimum absolute atomic E-state index is 0.275. The summed E-state index contributed by atoms with van der Waals surface area (Å²) in [5, 5.41) is 4.11. The van der Waals surface area contributed by atoms with Crippen molar-refractivity contribution in [2.24, 2.45) is 16.5 Å². The Hall–Kier alpha value is -2.86. The summed E-state index contributed by atoms with van der Waals surface area (Å²) in [4.78, 5) is 8.73. The van der Waals surface area contributed by atoms with Crippen LogP contribution in [-0.4, -0.2) is 10.8 Å². The third-order valence-corrected chi connectivity index (χ3v) is 3.58. The van der Waals surface area contributed by atoms with E-state index >= 15 is 0 Å². The van der Waals surface area contributed by atoms with Crippen molar-refractivity contribution < 1.29 is 4.42 Å². The zero-order chi connectivity index (χ0) is 14.4. The van der Waals surface area contributed by atoms with Crippen LogP contribution in [0.25, 0.3) is 10.9 Å². The van der Waals surface area contributed by atoms with Crippen LogP contribution in [-0.2, 0) is 5.79 Å². The van der Waals surface area contributed by atoms with Crippen molar-refractivity contribution in [2.75, 3.05) is 5.32 Å². The molecule has 4 rings (SSSR count). The molecule has 6 heteroatoms. The van der Waals surface area contributed by atoms with Gasteiger partial charge in [-0.05, 0) is 12.1 Å². The van der Waals surface area contributed by atoms with E-state index in [0.717, 1.165) is 22.2 Å². The number of hydrogen-bond acceptors (Lipinski definition) is 6. The molecule has 3 aromatic rings. The number of aromatic nitrogens is 1. The van der Waals surface area contributed by atoms with Gasteiger partial charge in [0.1, 0.15) is 0 Å². The van der Waals surface area contributed by atoms with Crippen molar-refractivity contribution >= 4 is 22.4 Å². The molecule has 1 atom stereocenters. The molecule has 0 spiro atoms. The zero-order valence-corrected chi connectivity index (χ0v) is 11.1. The Balaban J connectivity index is 1.95. The van der Waals surface area contributed by atoms with Crippen LogP contribution in [0.4, 0.5) is 5.69 Å². The highest BCUT2D eigenvalue weighted by atomic mass is 16.3. The Bertz CT molecular complexity index is 864. The van der Waals surface area contributed by atoms with Gasteiger partial charge in [0, 0.05) is 23.2 Å². The first kappa shape index (κ1) is 11.9. The largest absolute Gasteiger partial charge is 0.459 e. The summed E-state index contributed by atoms with van der Waals surface area (Å²) in [6.07, 6.45) is 3.26. The molecule has 0 amide bonds. The molecule has 1 aromatic carbocycles. The molecule has 0 saturated heterocycles. The van der Waals surface area contributed by atoms with Gasteiger partial charge < -0.3 is 15.5 Å². The molecule has 21 heavy (non-hydrogen) atoms. The average molecular weight is 279 g/mol. The molecule has 0 radical (unpaired) electrons. The Morgan fingerprint density at radius 3 is 2.90 bits per heavy atom. The predicted octanol–water partition coefficient (Wildman–Crippen LogP) is 1.73. The number of hydrogen-bond donors (Lipinski definition) is 3. The van der Waals surface area contributed by atoms with Crippen molar-refractivity contribution in [3.63, 3.8) is 0 Å². The Kier molecular flexibility index (Phi) is 2.31. The molecule has 3 heterocycles. The van der Waals surface area contributed by atoms with Gasteiger partial charge in [-0.1, -0.05) is 18.2 Å². The monoisotopic (exact) mass is 279 g/mol. The number of benzene rings is 1. The van der Waals surface area contributed by atoms with Crippen LogP contribution in [0.1, 0.15) is 11.3 Å². The van der Waals surface area contributed by atoms with Gasteiger partial charge in [0.15, 0.2) is 11.6 Å². The van der Waals surface area contributed by atoms with E-state index in [1.54, 1.807) is 18.5 Å². The number of aliphatic imine (C=N–C) groups is 1. The topological polar surface area (TPSA) is 102 Å². The SMILES string of the molecule is NC1=NC(N)(c2ccnc3ccccc23)Nc2ccoc21. The molecule has 0 bridgehead atoms. The third-order valence-electron chi connectivity index (χ3n) is 3.58. The van der Waals surface area contributed by atoms with E-state index < -0.39 is 5.79 Å². The summed E-state index contributed by atoms with van der Waals surface area (Å²) < 4.78 is 5.30. The maximum absolute atomic E-state index is 6.46. The number of nitrogens with zero attached hydrogens (tertiary/aromatic N) is 2. The van der Waals surface area contributed by atoms with Crippen LogP contribution in [0.5, 0.6) is 0 Å². The first-order valence-corrected chi connectivity index (χ1v) is 6.52. The Morgan fingerprint density at radius 1 is 1.14 bits per heavy atom. The number of fused-ring (bicyclic) bond motifs is 2. The lowest BCUT2D eigenvalue weighted by atomic mass is 10.0. The van der Waals surface area contributed by atoms with Crippen molar-refractivity contribution in [1.29, 1.82) is 0 Å².